The van der Waals surface area contributed by atoms with Gasteiger partial charge in [0.2, 0.25) is 0 Å². The van der Waals surface area contributed by atoms with Gasteiger partial charge in [0, 0.05) is 12.4 Å². The Morgan fingerprint density at radius 1 is 1.33 bits per heavy atom. The number of hydrogen-bond donors (Lipinski definition) is 2. The molecule has 0 radical (unpaired) electrons. The third kappa shape index (κ3) is 2.31. The molecule has 2 N–H and O–H groups in total. The summed E-state index contributed by atoms with van der Waals surface area (Å²) in [6.45, 7) is 0.327. The maximum atomic E-state index is 13.1. The van der Waals surface area contributed by atoms with E-state index in [0.717, 1.165) is 18.2 Å². The molecular formula is C10H9F2N3. The van der Waals surface area contributed by atoms with Crippen LogP contribution in [0.25, 0.3) is 0 Å². The average molecular weight is 209 g/mol. The van der Waals surface area contributed by atoms with Crippen LogP contribution in [0.2, 0.25) is 0 Å². The van der Waals surface area contributed by atoms with E-state index in [1.165, 1.54) is 0 Å². The zero-order valence-electron chi connectivity index (χ0n) is 7.80. The van der Waals surface area contributed by atoms with Gasteiger partial charge in [-0.25, -0.2) is 13.8 Å². The van der Waals surface area contributed by atoms with Crippen LogP contribution < -0.4 is 5.32 Å². The first-order valence-corrected chi connectivity index (χ1v) is 4.43. The van der Waals surface area contributed by atoms with Gasteiger partial charge < -0.3 is 10.3 Å². The predicted molar refractivity (Wildman–Crippen MR) is 52.3 cm³/mol. The van der Waals surface area contributed by atoms with Crippen molar-refractivity contribution in [2.75, 3.05) is 5.32 Å². The van der Waals surface area contributed by atoms with E-state index in [1.807, 2.05) is 0 Å². The van der Waals surface area contributed by atoms with Crippen molar-refractivity contribution in [3.8, 4) is 0 Å². The average Bonchev–Trinajstić information content (AvgIpc) is 2.72. The SMILES string of the molecule is Fc1ccc(F)c(NCc2ncc[nH]2)c1. The number of aromatic nitrogens is 2. The minimum absolute atomic E-state index is 0.131. The molecule has 78 valence electrons. The number of H-pyrrole nitrogens is 1. The first kappa shape index (κ1) is 9.64. The zero-order valence-corrected chi connectivity index (χ0v) is 7.80. The number of nitrogens with zero attached hydrogens (tertiary/aromatic N) is 1. The van der Waals surface area contributed by atoms with E-state index < -0.39 is 11.6 Å². The first-order chi connectivity index (χ1) is 7.25. The topological polar surface area (TPSA) is 40.7 Å². The lowest BCUT2D eigenvalue weighted by molar-refractivity contribution is 0.602. The molecule has 0 saturated heterocycles. The van der Waals surface area contributed by atoms with Crippen LogP contribution in [0.3, 0.4) is 0 Å². The standard InChI is InChI=1S/C10H9F2N3/c11-7-1-2-8(12)9(5-7)15-6-10-13-3-4-14-10/h1-5,15H,6H2,(H,13,14). The number of benzene rings is 1. The Labute approximate surface area is 85.2 Å². The van der Waals surface area contributed by atoms with Crippen molar-refractivity contribution >= 4 is 5.69 Å². The highest BCUT2D eigenvalue weighted by Gasteiger charge is 2.03. The zero-order chi connectivity index (χ0) is 10.7. The van der Waals surface area contributed by atoms with Crippen molar-refractivity contribution in [3.05, 3.63) is 48.1 Å². The minimum atomic E-state index is -0.483. The summed E-state index contributed by atoms with van der Waals surface area (Å²) in [5, 5.41) is 2.75. The normalized spacial score (nSPS) is 10.3. The highest BCUT2D eigenvalue weighted by atomic mass is 19.1. The van der Waals surface area contributed by atoms with Crippen LogP contribution in [0.5, 0.6) is 0 Å². The number of rotatable bonds is 3. The van der Waals surface area contributed by atoms with Crippen LogP contribution in [0, 0.1) is 11.6 Å². The molecule has 0 saturated carbocycles. The van der Waals surface area contributed by atoms with Gasteiger partial charge in [0.15, 0.2) is 0 Å². The van der Waals surface area contributed by atoms with Crippen LogP contribution in [-0.2, 0) is 6.54 Å². The summed E-state index contributed by atoms with van der Waals surface area (Å²) < 4.78 is 25.9. The van der Waals surface area contributed by atoms with E-state index in [2.05, 4.69) is 15.3 Å². The maximum absolute atomic E-state index is 13.1. The summed E-state index contributed by atoms with van der Waals surface area (Å²) in [6, 6.07) is 3.27. The van der Waals surface area contributed by atoms with Crippen LogP contribution >= 0.6 is 0 Å². The van der Waals surface area contributed by atoms with Crippen LogP contribution in [-0.4, -0.2) is 9.97 Å². The van der Waals surface area contributed by atoms with Crippen LogP contribution in [0.1, 0.15) is 5.82 Å². The van der Waals surface area contributed by atoms with Gasteiger partial charge in [-0.3, -0.25) is 0 Å². The molecule has 2 aromatic rings. The molecule has 0 atom stereocenters. The summed E-state index contributed by atoms with van der Waals surface area (Å²) in [4.78, 5) is 6.80. The Balaban J connectivity index is 2.07. The summed E-state index contributed by atoms with van der Waals surface area (Å²) in [6.07, 6.45) is 3.26. The Morgan fingerprint density at radius 3 is 2.93 bits per heavy atom. The molecule has 0 amide bonds. The number of hydrogen-bond acceptors (Lipinski definition) is 2. The van der Waals surface area contributed by atoms with Gasteiger partial charge in [-0.1, -0.05) is 0 Å². The van der Waals surface area contributed by atoms with Crippen molar-refractivity contribution in [3.63, 3.8) is 0 Å². The molecule has 15 heavy (non-hydrogen) atoms. The van der Waals surface area contributed by atoms with Gasteiger partial charge in [-0.15, -0.1) is 0 Å². The number of halogens is 2. The van der Waals surface area contributed by atoms with E-state index in [9.17, 15) is 8.78 Å². The largest absolute Gasteiger partial charge is 0.375 e. The quantitative estimate of drug-likeness (QED) is 0.814. The van der Waals surface area contributed by atoms with E-state index in [1.54, 1.807) is 12.4 Å². The lowest BCUT2D eigenvalue weighted by atomic mass is 10.3. The molecule has 0 aliphatic carbocycles. The van der Waals surface area contributed by atoms with Gasteiger partial charge in [0.05, 0.1) is 12.2 Å². The fourth-order valence-electron chi connectivity index (χ4n) is 1.21. The second-order valence-electron chi connectivity index (χ2n) is 3.01. The van der Waals surface area contributed by atoms with E-state index in [0.29, 0.717) is 12.4 Å². The molecule has 0 aliphatic rings. The van der Waals surface area contributed by atoms with Crippen molar-refractivity contribution < 1.29 is 8.78 Å². The molecule has 0 bridgehead atoms. The van der Waals surface area contributed by atoms with Crippen molar-refractivity contribution in [2.45, 2.75) is 6.54 Å². The Morgan fingerprint density at radius 2 is 2.20 bits per heavy atom. The maximum Gasteiger partial charge on any atom is 0.146 e. The monoisotopic (exact) mass is 209 g/mol. The molecule has 1 heterocycles. The van der Waals surface area contributed by atoms with Gasteiger partial charge in [0.1, 0.15) is 17.5 Å². The summed E-state index contributed by atoms with van der Waals surface area (Å²) in [7, 11) is 0. The third-order valence-corrected chi connectivity index (χ3v) is 1.93. The minimum Gasteiger partial charge on any atom is -0.375 e. The number of nitrogens with one attached hydrogen (secondary N) is 2. The van der Waals surface area contributed by atoms with Crippen LogP contribution in [0.15, 0.2) is 30.6 Å². The van der Waals surface area contributed by atoms with Gasteiger partial charge in [-0.2, -0.15) is 0 Å². The Kier molecular flexibility index (Phi) is 2.62. The predicted octanol–water partition coefficient (Wildman–Crippen LogP) is 2.30. The molecular weight excluding hydrogens is 200 g/mol. The van der Waals surface area contributed by atoms with E-state index in [4.69, 9.17) is 0 Å². The summed E-state index contributed by atoms with van der Waals surface area (Å²) in [5.41, 5.74) is 0.131. The van der Waals surface area contributed by atoms with Gasteiger partial charge in [-0.05, 0) is 18.2 Å². The van der Waals surface area contributed by atoms with E-state index in [-0.39, 0.29) is 5.69 Å². The molecule has 5 heteroatoms. The molecule has 0 fully saturated rings. The lowest BCUT2D eigenvalue weighted by Gasteiger charge is -2.05. The second kappa shape index (κ2) is 4.08. The second-order valence-corrected chi connectivity index (χ2v) is 3.01. The van der Waals surface area contributed by atoms with Crippen molar-refractivity contribution in [2.24, 2.45) is 0 Å². The molecule has 0 unspecified atom stereocenters. The number of anilines is 1. The van der Waals surface area contributed by atoms with Gasteiger partial charge >= 0.3 is 0 Å². The van der Waals surface area contributed by atoms with Crippen LogP contribution in [0.4, 0.5) is 14.5 Å². The fourth-order valence-corrected chi connectivity index (χ4v) is 1.21. The number of imidazole rings is 1. The third-order valence-electron chi connectivity index (χ3n) is 1.93. The van der Waals surface area contributed by atoms with Crippen molar-refractivity contribution in [1.29, 1.82) is 0 Å². The number of aromatic amines is 1. The lowest BCUT2D eigenvalue weighted by Crippen LogP contribution is -2.03. The molecule has 1 aromatic carbocycles. The Hall–Kier alpha value is -1.91. The highest BCUT2D eigenvalue weighted by molar-refractivity contribution is 5.44. The molecule has 0 aliphatic heterocycles. The van der Waals surface area contributed by atoms with Gasteiger partial charge in [0.25, 0.3) is 0 Å². The smallest absolute Gasteiger partial charge is 0.146 e. The highest BCUT2D eigenvalue weighted by Crippen LogP contribution is 2.15. The summed E-state index contributed by atoms with van der Waals surface area (Å²) in [5.74, 6) is -0.292. The van der Waals surface area contributed by atoms with E-state index >= 15 is 0 Å². The molecule has 0 spiro atoms. The van der Waals surface area contributed by atoms with Crippen molar-refractivity contribution in [1.82, 2.24) is 9.97 Å². The molecule has 1 aromatic heterocycles. The molecule has 3 nitrogen and oxygen atoms in total. The molecule has 2 rings (SSSR count). The first-order valence-electron chi connectivity index (χ1n) is 4.43. The fraction of sp³-hybridized carbons (Fsp3) is 0.100. The summed E-state index contributed by atoms with van der Waals surface area (Å²) >= 11 is 0. The Bertz CT molecular complexity index is 440.